The average Bonchev–Trinajstić information content (AvgIpc) is 3.16. The summed E-state index contributed by atoms with van der Waals surface area (Å²) in [6.07, 6.45) is 2.98. The van der Waals surface area contributed by atoms with Gasteiger partial charge in [-0.2, -0.15) is 0 Å². The highest BCUT2D eigenvalue weighted by Gasteiger charge is 2.20. The Morgan fingerprint density at radius 2 is 1.75 bits per heavy atom. The molecule has 3 rings (SSSR count). The molecular weight excluding hydrogens is 377 g/mol. The summed E-state index contributed by atoms with van der Waals surface area (Å²) in [5, 5.41) is 2.04. The molecular formula is C21H18FN3O2S. The fourth-order valence-corrected chi connectivity index (χ4v) is 3.39. The summed E-state index contributed by atoms with van der Waals surface area (Å²) in [4.78, 5) is 31.5. The predicted octanol–water partition coefficient (Wildman–Crippen LogP) is 4.64. The number of carbonyl (C=O) groups is 2. The minimum Gasteiger partial charge on any atom is -0.312 e. The molecule has 0 radical (unpaired) electrons. The second-order valence-electron chi connectivity index (χ2n) is 5.93. The van der Waals surface area contributed by atoms with Crippen LogP contribution in [-0.4, -0.2) is 23.8 Å². The van der Waals surface area contributed by atoms with Crippen LogP contribution >= 0.6 is 11.3 Å². The zero-order chi connectivity index (χ0) is 20.1. The summed E-state index contributed by atoms with van der Waals surface area (Å²) in [6, 6.07) is 15.3. The predicted molar refractivity (Wildman–Crippen MR) is 110 cm³/mol. The standard InChI is InChI=1S/C21H18FN3O2S/c1-15(26)25(19-11-7-6-10-18(19)22)21-23-16(14-28-21)12-13-20(27)24(2)17-8-4-3-5-9-17/h3-14H,1-2H3/b13-12+. The Hall–Kier alpha value is -3.32. The number of benzene rings is 2. The molecule has 2 amide bonds. The van der Waals surface area contributed by atoms with Gasteiger partial charge in [-0.25, -0.2) is 9.37 Å². The van der Waals surface area contributed by atoms with Crippen molar-refractivity contribution < 1.29 is 14.0 Å². The van der Waals surface area contributed by atoms with Gasteiger partial charge in [-0.1, -0.05) is 30.3 Å². The van der Waals surface area contributed by atoms with Gasteiger partial charge < -0.3 is 4.90 Å². The van der Waals surface area contributed by atoms with Crippen LogP contribution in [0, 0.1) is 5.82 Å². The molecule has 0 fully saturated rings. The third kappa shape index (κ3) is 4.32. The van der Waals surface area contributed by atoms with Gasteiger partial charge in [0.05, 0.1) is 11.4 Å². The number of hydrogen-bond acceptors (Lipinski definition) is 4. The van der Waals surface area contributed by atoms with Gasteiger partial charge >= 0.3 is 0 Å². The number of amides is 2. The Morgan fingerprint density at radius 3 is 2.43 bits per heavy atom. The Kier molecular flexibility index (Phi) is 5.96. The highest BCUT2D eigenvalue weighted by Crippen LogP contribution is 2.31. The van der Waals surface area contributed by atoms with Crippen LogP contribution in [-0.2, 0) is 9.59 Å². The number of halogens is 1. The molecule has 0 spiro atoms. The summed E-state index contributed by atoms with van der Waals surface area (Å²) >= 11 is 1.20. The molecule has 28 heavy (non-hydrogen) atoms. The number of nitrogens with zero attached hydrogens (tertiary/aromatic N) is 3. The van der Waals surface area contributed by atoms with E-state index in [0.29, 0.717) is 10.8 Å². The Bertz CT molecular complexity index is 1020. The van der Waals surface area contributed by atoms with Gasteiger partial charge in [0.2, 0.25) is 5.91 Å². The summed E-state index contributed by atoms with van der Waals surface area (Å²) in [6.45, 7) is 1.35. The van der Waals surface area contributed by atoms with Crippen molar-refractivity contribution in [3.8, 4) is 0 Å². The maximum atomic E-state index is 14.1. The van der Waals surface area contributed by atoms with Gasteiger partial charge in [-0.15, -0.1) is 11.3 Å². The molecule has 142 valence electrons. The summed E-state index contributed by atoms with van der Waals surface area (Å²) in [5.41, 5.74) is 1.43. The molecule has 0 atom stereocenters. The van der Waals surface area contributed by atoms with Crippen molar-refractivity contribution in [2.24, 2.45) is 0 Å². The molecule has 7 heteroatoms. The van der Waals surface area contributed by atoms with Crippen molar-refractivity contribution in [2.45, 2.75) is 6.92 Å². The molecule has 0 aliphatic rings. The quantitative estimate of drug-likeness (QED) is 0.591. The van der Waals surface area contributed by atoms with Crippen LogP contribution in [0.15, 0.2) is 66.1 Å². The first-order valence-electron chi connectivity index (χ1n) is 8.49. The van der Waals surface area contributed by atoms with E-state index in [2.05, 4.69) is 4.98 Å². The minimum absolute atomic E-state index is 0.139. The molecule has 0 aliphatic carbocycles. The van der Waals surface area contributed by atoms with Crippen molar-refractivity contribution >= 4 is 45.7 Å². The van der Waals surface area contributed by atoms with E-state index in [-0.39, 0.29) is 17.5 Å². The number of para-hydroxylation sites is 2. The third-order valence-corrected chi connectivity index (χ3v) is 4.82. The zero-order valence-corrected chi connectivity index (χ0v) is 16.2. The van der Waals surface area contributed by atoms with Crippen LogP contribution in [0.4, 0.5) is 20.9 Å². The van der Waals surface area contributed by atoms with E-state index in [1.807, 2.05) is 30.3 Å². The van der Waals surface area contributed by atoms with Gasteiger partial charge in [0, 0.05) is 31.1 Å². The molecule has 0 saturated heterocycles. The number of carbonyl (C=O) groups excluding carboxylic acids is 2. The lowest BCUT2D eigenvalue weighted by Gasteiger charge is -2.18. The normalized spacial score (nSPS) is 10.8. The van der Waals surface area contributed by atoms with E-state index in [1.165, 1.54) is 46.3 Å². The van der Waals surface area contributed by atoms with Crippen LogP contribution in [0.5, 0.6) is 0 Å². The first-order valence-corrected chi connectivity index (χ1v) is 9.37. The van der Waals surface area contributed by atoms with Gasteiger partial charge in [0.1, 0.15) is 5.82 Å². The Balaban J connectivity index is 1.79. The van der Waals surface area contributed by atoms with E-state index in [4.69, 9.17) is 0 Å². The second-order valence-corrected chi connectivity index (χ2v) is 6.76. The molecule has 0 saturated carbocycles. The smallest absolute Gasteiger partial charge is 0.250 e. The number of anilines is 3. The van der Waals surface area contributed by atoms with Crippen molar-refractivity contribution in [3.05, 3.63) is 77.6 Å². The number of thiazole rings is 1. The second kappa shape index (κ2) is 8.58. The van der Waals surface area contributed by atoms with Crippen molar-refractivity contribution in [1.29, 1.82) is 0 Å². The maximum Gasteiger partial charge on any atom is 0.250 e. The molecule has 0 aliphatic heterocycles. The first kappa shape index (κ1) is 19.4. The number of hydrogen-bond donors (Lipinski definition) is 0. The van der Waals surface area contributed by atoms with Gasteiger partial charge in [-0.05, 0) is 30.3 Å². The zero-order valence-electron chi connectivity index (χ0n) is 15.4. The molecule has 0 N–H and O–H groups in total. The van der Waals surface area contributed by atoms with Crippen LogP contribution in [0.25, 0.3) is 6.08 Å². The maximum absolute atomic E-state index is 14.1. The van der Waals surface area contributed by atoms with Crippen molar-refractivity contribution in [3.63, 3.8) is 0 Å². The van der Waals surface area contributed by atoms with Crippen LogP contribution in [0.2, 0.25) is 0 Å². The van der Waals surface area contributed by atoms with Gasteiger partial charge in [-0.3, -0.25) is 14.5 Å². The Labute approximate surface area is 166 Å². The van der Waals surface area contributed by atoms with E-state index >= 15 is 0 Å². The lowest BCUT2D eigenvalue weighted by Crippen LogP contribution is -2.24. The number of aromatic nitrogens is 1. The van der Waals surface area contributed by atoms with Crippen LogP contribution in [0.1, 0.15) is 12.6 Å². The first-order chi connectivity index (χ1) is 13.5. The molecule has 0 unspecified atom stereocenters. The molecule has 1 heterocycles. The van der Waals surface area contributed by atoms with E-state index in [9.17, 15) is 14.0 Å². The Morgan fingerprint density at radius 1 is 1.07 bits per heavy atom. The van der Waals surface area contributed by atoms with E-state index in [0.717, 1.165) is 5.69 Å². The monoisotopic (exact) mass is 395 g/mol. The van der Waals surface area contributed by atoms with Gasteiger partial charge in [0.25, 0.3) is 5.91 Å². The van der Waals surface area contributed by atoms with Crippen LogP contribution < -0.4 is 9.80 Å². The number of likely N-dealkylation sites (N-methyl/N-ethyl adjacent to an activating group) is 1. The fourth-order valence-electron chi connectivity index (χ4n) is 2.54. The molecule has 1 aromatic heterocycles. The van der Waals surface area contributed by atoms with E-state index in [1.54, 1.807) is 30.6 Å². The minimum atomic E-state index is -0.510. The molecule has 0 bridgehead atoms. The summed E-state index contributed by atoms with van der Waals surface area (Å²) < 4.78 is 14.1. The third-order valence-electron chi connectivity index (χ3n) is 3.98. The fraction of sp³-hybridized carbons (Fsp3) is 0.0952. The lowest BCUT2D eigenvalue weighted by atomic mass is 10.3. The highest BCUT2D eigenvalue weighted by atomic mass is 32.1. The lowest BCUT2D eigenvalue weighted by molar-refractivity contribution is -0.116. The summed E-state index contributed by atoms with van der Waals surface area (Å²) in [7, 11) is 1.68. The topological polar surface area (TPSA) is 53.5 Å². The van der Waals surface area contributed by atoms with Crippen molar-refractivity contribution in [1.82, 2.24) is 4.98 Å². The summed E-state index contributed by atoms with van der Waals surface area (Å²) in [5.74, 6) is -1.07. The largest absolute Gasteiger partial charge is 0.312 e. The number of rotatable bonds is 5. The molecule has 3 aromatic rings. The molecule has 2 aromatic carbocycles. The van der Waals surface area contributed by atoms with Crippen molar-refractivity contribution in [2.75, 3.05) is 16.8 Å². The van der Waals surface area contributed by atoms with Crippen LogP contribution in [0.3, 0.4) is 0 Å². The highest BCUT2D eigenvalue weighted by molar-refractivity contribution is 7.14. The average molecular weight is 395 g/mol. The van der Waals surface area contributed by atoms with Gasteiger partial charge in [0.15, 0.2) is 5.13 Å². The van der Waals surface area contributed by atoms with E-state index < -0.39 is 5.82 Å². The SMILES string of the molecule is CC(=O)N(c1nc(/C=C/C(=O)N(C)c2ccccc2)cs1)c1ccccc1F. The molecule has 5 nitrogen and oxygen atoms in total.